The number of amides is 2. The second-order valence-corrected chi connectivity index (χ2v) is 8.48. The highest BCUT2D eigenvalue weighted by Crippen LogP contribution is 2.33. The molecule has 4 heteroatoms. The van der Waals surface area contributed by atoms with Crippen molar-refractivity contribution in [3.63, 3.8) is 0 Å². The van der Waals surface area contributed by atoms with Gasteiger partial charge >= 0.3 is 0 Å². The molecule has 2 N–H and O–H groups in total. The minimum atomic E-state index is -0.132. The predicted molar refractivity (Wildman–Crippen MR) is 124 cm³/mol. The van der Waals surface area contributed by atoms with Gasteiger partial charge in [-0.2, -0.15) is 0 Å². The summed E-state index contributed by atoms with van der Waals surface area (Å²) in [5, 5.41) is 1.92. The Hall–Kier alpha value is -2.20. The van der Waals surface area contributed by atoms with Crippen molar-refractivity contribution in [1.29, 1.82) is 0 Å². The number of nitrogens with zero attached hydrogens (tertiary/aromatic N) is 1. The average Bonchev–Trinajstić information content (AvgIpc) is 2.76. The fourth-order valence-electron chi connectivity index (χ4n) is 4.49. The third-order valence-electron chi connectivity index (χ3n) is 6.22. The molecule has 30 heavy (non-hydrogen) atoms. The van der Waals surface area contributed by atoms with E-state index >= 15 is 0 Å². The average molecular weight is 409 g/mol. The van der Waals surface area contributed by atoms with Crippen LogP contribution in [0.2, 0.25) is 0 Å². The first-order chi connectivity index (χ1) is 14.7. The van der Waals surface area contributed by atoms with E-state index in [9.17, 15) is 9.59 Å². The third kappa shape index (κ3) is 5.10. The van der Waals surface area contributed by atoms with Crippen LogP contribution in [0.15, 0.2) is 30.3 Å². The zero-order valence-corrected chi connectivity index (χ0v) is 18.4. The molecule has 3 rings (SSSR count). The summed E-state index contributed by atoms with van der Waals surface area (Å²) >= 11 is 0. The predicted octanol–water partition coefficient (Wildman–Crippen LogP) is 5.86. The van der Waals surface area contributed by atoms with Crippen LogP contribution in [0.25, 0.3) is 10.8 Å². The second-order valence-electron chi connectivity index (χ2n) is 8.48. The van der Waals surface area contributed by atoms with Gasteiger partial charge in [-0.25, -0.2) is 0 Å². The van der Waals surface area contributed by atoms with E-state index in [-0.39, 0.29) is 11.8 Å². The Balaban J connectivity index is 1.73. The minimum absolute atomic E-state index is 0.132. The van der Waals surface area contributed by atoms with Gasteiger partial charge in [0.2, 0.25) is 0 Å². The van der Waals surface area contributed by atoms with Crippen LogP contribution >= 0.6 is 0 Å². The summed E-state index contributed by atoms with van der Waals surface area (Å²) in [4.78, 5) is 27.7. The molecule has 2 amide bonds. The van der Waals surface area contributed by atoms with Gasteiger partial charge in [0.05, 0.1) is 0 Å². The lowest BCUT2D eigenvalue weighted by molar-refractivity contribution is 0.0607. The smallest absolute Gasteiger partial charge is 0.261 e. The van der Waals surface area contributed by atoms with E-state index in [1.807, 2.05) is 18.2 Å². The zero-order valence-electron chi connectivity index (χ0n) is 18.4. The molecule has 2 aromatic rings. The molecule has 1 heterocycles. The molecule has 0 aliphatic carbocycles. The molecular formula is C26H36N2O2. The van der Waals surface area contributed by atoms with Crippen LogP contribution in [0.1, 0.15) is 97.4 Å². The Labute approximate surface area is 180 Å². The first kappa shape index (κ1) is 22.5. The van der Waals surface area contributed by atoms with Crippen molar-refractivity contribution in [1.82, 2.24) is 4.90 Å². The summed E-state index contributed by atoms with van der Waals surface area (Å²) < 4.78 is 0. The first-order valence-electron chi connectivity index (χ1n) is 11.8. The third-order valence-corrected chi connectivity index (χ3v) is 6.22. The van der Waals surface area contributed by atoms with Gasteiger partial charge in [0, 0.05) is 23.1 Å². The number of rotatable bonds is 13. The molecule has 0 aromatic heterocycles. The summed E-state index contributed by atoms with van der Waals surface area (Å²) in [7, 11) is 0. The molecule has 1 aliphatic rings. The molecule has 1 aliphatic heterocycles. The molecule has 0 unspecified atom stereocenters. The molecule has 0 bridgehead atoms. The maximum absolute atomic E-state index is 13.1. The lowest BCUT2D eigenvalue weighted by atomic mass is 9.89. The normalized spacial score (nSPS) is 13.5. The van der Waals surface area contributed by atoms with Crippen LogP contribution in [0, 0.1) is 0 Å². The standard InChI is InChI=1S/C26H36N2O2/c1-2-3-4-8-11-19-28-25(29)22-15-12-14-21-20(13-9-6-5-7-10-18-27)16-17-23(24(21)22)26(28)30/h12,14-17H,2-11,13,18-19,27H2,1H3. The summed E-state index contributed by atoms with van der Waals surface area (Å²) in [5.74, 6) is -0.264. The van der Waals surface area contributed by atoms with Crippen molar-refractivity contribution < 1.29 is 9.59 Å². The molecule has 0 spiro atoms. The van der Waals surface area contributed by atoms with Crippen molar-refractivity contribution in [2.24, 2.45) is 5.73 Å². The van der Waals surface area contributed by atoms with E-state index in [1.165, 1.54) is 42.6 Å². The number of carbonyl (C=O) groups excluding carboxylic acids is 2. The van der Waals surface area contributed by atoms with Crippen molar-refractivity contribution in [3.8, 4) is 0 Å². The lowest BCUT2D eigenvalue weighted by Gasteiger charge is -2.28. The number of aryl methyl sites for hydroxylation is 1. The minimum Gasteiger partial charge on any atom is -0.330 e. The number of hydrogen-bond acceptors (Lipinski definition) is 3. The van der Waals surface area contributed by atoms with Crippen LogP contribution in [-0.2, 0) is 6.42 Å². The molecule has 162 valence electrons. The highest BCUT2D eigenvalue weighted by atomic mass is 16.2. The molecule has 4 nitrogen and oxygen atoms in total. The number of nitrogens with two attached hydrogens (primary N) is 1. The molecule has 0 radical (unpaired) electrons. The highest BCUT2D eigenvalue weighted by Gasteiger charge is 2.32. The van der Waals surface area contributed by atoms with Crippen molar-refractivity contribution >= 4 is 22.6 Å². The van der Waals surface area contributed by atoms with Gasteiger partial charge in [0.25, 0.3) is 11.8 Å². The van der Waals surface area contributed by atoms with Crippen molar-refractivity contribution in [3.05, 3.63) is 47.0 Å². The first-order valence-corrected chi connectivity index (χ1v) is 11.8. The van der Waals surface area contributed by atoms with Crippen LogP contribution in [-0.4, -0.2) is 29.8 Å². The van der Waals surface area contributed by atoms with E-state index in [4.69, 9.17) is 5.73 Å². The van der Waals surface area contributed by atoms with Gasteiger partial charge in [-0.3, -0.25) is 14.5 Å². The van der Waals surface area contributed by atoms with Gasteiger partial charge < -0.3 is 5.73 Å². The number of carbonyl (C=O) groups is 2. The molecule has 0 saturated heterocycles. The zero-order chi connectivity index (χ0) is 21.3. The van der Waals surface area contributed by atoms with E-state index in [0.717, 1.165) is 55.8 Å². The summed E-state index contributed by atoms with van der Waals surface area (Å²) in [6.45, 7) is 3.47. The second kappa shape index (κ2) is 11.3. The fraction of sp³-hybridized carbons (Fsp3) is 0.538. The molecular weight excluding hydrogens is 372 g/mol. The van der Waals surface area contributed by atoms with Crippen LogP contribution in [0.3, 0.4) is 0 Å². The van der Waals surface area contributed by atoms with Crippen LogP contribution in [0.4, 0.5) is 0 Å². The monoisotopic (exact) mass is 408 g/mol. The van der Waals surface area contributed by atoms with Gasteiger partial charge in [0.15, 0.2) is 0 Å². The summed E-state index contributed by atoms with van der Waals surface area (Å²) in [5.41, 5.74) is 8.16. The van der Waals surface area contributed by atoms with Crippen LogP contribution in [0.5, 0.6) is 0 Å². The molecule has 2 aromatic carbocycles. The molecule has 0 fully saturated rings. The Kier molecular flexibility index (Phi) is 8.44. The lowest BCUT2D eigenvalue weighted by Crippen LogP contribution is -2.40. The quantitative estimate of drug-likeness (QED) is 0.334. The number of hydrogen-bond donors (Lipinski definition) is 1. The summed E-state index contributed by atoms with van der Waals surface area (Å²) in [6.07, 6.45) is 12.3. The Morgan fingerprint density at radius 1 is 0.767 bits per heavy atom. The largest absolute Gasteiger partial charge is 0.330 e. The molecule has 0 atom stereocenters. The molecule has 0 saturated carbocycles. The highest BCUT2D eigenvalue weighted by molar-refractivity contribution is 6.25. The maximum Gasteiger partial charge on any atom is 0.261 e. The van der Waals surface area contributed by atoms with E-state index < -0.39 is 0 Å². The Morgan fingerprint density at radius 3 is 2.20 bits per heavy atom. The van der Waals surface area contributed by atoms with Crippen LogP contribution < -0.4 is 5.73 Å². The fourth-order valence-corrected chi connectivity index (χ4v) is 4.49. The van der Waals surface area contributed by atoms with E-state index in [1.54, 1.807) is 0 Å². The summed E-state index contributed by atoms with van der Waals surface area (Å²) in [6, 6.07) is 9.93. The Bertz CT molecular complexity index is 852. The SMILES string of the molecule is CCCCCCCN1C(=O)c2cccc3c(CCCCCCCN)ccc(c23)C1=O. The van der Waals surface area contributed by atoms with Gasteiger partial charge in [-0.05, 0) is 55.3 Å². The van der Waals surface area contributed by atoms with E-state index in [2.05, 4.69) is 19.1 Å². The van der Waals surface area contributed by atoms with Crippen molar-refractivity contribution in [2.45, 2.75) is 77.6 Å². The van der Waals surface area contributed by atoms with Gasteiger partial charge in [-0.15, -0.1) is 0 Å². The van der Waals surface area contributed by atoms with Gasteiger partial charge in [-0.1, -0.05) is 70.1 Å². The Morgan fingerprint density at radius 2 is 1.43 bits per heavy atom. The number of unbranched alkanes of at least 4 members (excludes halogenated alkanes) is 8. The number of benzene rings is 2. The van der Waals surface area contributed by atoms with E-state index in [0.29, 0.717) is 17.7 Å². The topological polar surface area (TPSA) is 63.4 Å². The van der Waals surface area contributed by atoms with Gasteiger partial charge in [0.1, 0.15) is 0 Å². The number of imide groups is 1. The maximum atomic E-state index is 13.1. The van der Waals surface area contributed by atoms with Crippen molar-refractivity contribution in [2.75, 3.05) is 13.1 Å².